The molecule has 1 saturated carbocycles. The fourth-order valence-corrected chi connectivity index (χ4v) is 3.40. The topological polar surface area (TPSA) is 62.9 Å². The molecule has 9 heteroatoms. The summed E-state index contributed by atoms with van der Waals surface area (Å²) in [6.07, 6.45) is 4.33. The van der Waals surface area contributed by atoms with Gasteiger partial charge in [0.25, 0.3) is 0 Å². The van der Waals surface area contributed by atoms with E-state index in [-0.39, 0.29) is 24.6 Å². The van der Waals surface area contributed by atoms with Crippen LogP contribution in [0.5, 0.6) is 5.75 Å². The van der Waals surface area contributed by atoms with Gasteiger partial charge < -0.3 is 14.7 Å². The van der Waals surface area contributed by atoms with Gasteiger partial charge in [0.2, 0.25) is 0 Å². The molecule has 0 amide bonds. The molecule has 0 spiro atoms. The highest BCUT2D eigenvalue weighted by Crippen LogP contribution is 2.38. The Balaban J connectivity index is 1.62. The maximum atomic E-state index is 12.4. The van der Waals surface area contributed by atoms with Crippen molar-refractivity contribution in [3.05, 3.63) is 53.9 Å². The minimum atomic E-state index is -4.73. The van der Waals surface area contributed by atoms with Crippen molar-refractivity contribution in [3.8, 4) is 5.75 Å². The van der Waals surface area contributed by atoms with E-state index in [0.29, 0.717) is 11.6 Å². The maximum absolute atomic E-state index is 12.4. The van der Waals surface area contributed by atoms with Gasteiger partial charge in [-0.25, -0.2) is 0 Å². The van der Waals surface area contributed by atoms with Crippen LogP contribution in [0.2, 0.25) is 0 Å². The predicted molar refractivity (Wildman–Crippen MR) is 101 cm³/mol. The van der Waals surface area contributed by atoms with E-state index in [4.69, 9.17) is 0 Å². The first-order chi connectivity index (χ1) is 13.9. The molecule has 1 unspecified atom stereocenters. The Kier molecular flexibility index (Phi) is 5.08. The molecule has 2 atom stereocenters. The van der Waals surface area contributed by atoms with Gasteiger partial charge in [0.1, 0.15) is 11.9 Å². The molecule has 0 radical (unpaired) electrons. The maximum Gasteiger partial charge on any atom is 0.573 e. The summed E-state index contributed by atoms with van der Waals surface area (Å²) in [4.78, 5) is 6.52. The lowest BCUT2D eigenvalue weighted by Crippen LogP contribution is -2.38. The van der Waals surface area contributed by atoms with Crippen LogP contribution in [-0.4, -0.2) is 45.0 Å². The van der Waals surface area contributed by atoms with Gasteiger partial charge in [-0.15, -0.1) is 13.2 Å². The Morgan fingerprint density at radius 2 is 1.97 bits per heavy atom. The van der Waals surface area contributed by atoms with E-state index in [1.165, 1.54) is 12.1 Å². The Morgan fingerprint density at radius 3 is 2.59 bits per heavy atom. The molecule has 0 saturated heterocycles. The van der Waals surface area contributed by atoms with Gasteiger partial charge in [0, 0.05) is 23.7 Å². The molecular formula is C20H21F3N4O2. The standard InChI is InChI=1S/C20H21F3N4O2/c1-13(12-28)27-18(14-2-6-17(7-3-14)29-20(21,22)23)8-9-24-19(27)15-10-25-26(11-15)16-4-5-16/h2-3,6-11,13,16,19,28H,4-5,12H2,1H3/t13-,19?/m0/s1. The highest BCUT2D eigenvalue weighted by Gasteiger charge is 2.33. The number of allylic oxidation sites excluding steroid dienone is 1. The van der Waals surface area contributed by atoms with Crippen molar-refractivity contribution < 1.29 is 23.0 Å². The van der Waals surface area contributed by atoms with Gasteiger partial charge in [-0.1, -0.05) is 0 Å². The molecule has 1 aliphatic heterocycles. The molecule has 0 bridgehead atoms. The molecule has 29 heavy (non-hydrogen) atoms. The minimum absolute atomic E-state index is 0.102. The first kappa shape index (κ1) is 19.5. The Morgan fingerprint density at radius 1 is 1.24 bits per heavy atom. The summed E-state index contributed by atoms with van der Waals surface area (Å²) in [6.45, 7) is 1.77. The van der Waals surface area contributed by atoms with Crippen LogP contribution in [0.1, 0.15) is 43.1 Å². The lowest BCUT2D eigenvalue weighted by Gasteiger charge is -2.38. The molecule has 1 aromatic carbocycles. The zero-order chi connectivity index (χ0) is 20.6. The van der Waals surface area contributed by atoms with Crippen molar-refractivity contribution in [1.82, 2.24) is 14.7 Å². The Labute approximate surface area is 165 Å². The molecule has 2 heterocycles. The average Bonchev–Trinajstić information content (AvgIpc) is 3.43. The third kappa shape index (κ3) is 4.29. The fourth-order valence-electron chi connectivity index (χ4n) is 3.40. The predicted octanol–water partition coefficient (Wildman–Crippen LogP) is 3.92. The molecule has 154 valence electrons. The number of benzene rings is 1. The van der Waals surface area contributed by atoms with E-state index in [9.17, 15) is 18.3 Å². The summed E-state index contributed by atoms with van der Waals surface area (Å²) in [5.74, 6) is -0.282. The number of hydrogen-bond acceptors (Lipinski definition) is 5. The Hall–Kier alpha value is -2.81. The van der Waals surface area contributed by atoms with Crippen molar-refractivity contribution in [2.75, 3.05) is 6.61 Å². The van der Waals surface area contributed by atoms with Crippen LogP contribution in [0, 0.1) is 0 Å². The molecular weight excluding hydrogens is 385 g/mol. The summed E-state index contributed by atoms with van der Waals surface area (Å²) in [6, 6.07) is 5.85. The van der Waals surface area contributed by atoms with Gasteiger partial charge in [0.15, 0.2) is 0 Å². The quantitative estimate of drug-likeness (QED) is 0.790. The number of aliphatic hydroxyl groups excluding tert-OH is 1. The number of nitrogens with zero attached hydrogens (tertiary/aromatic N) is 4. The Bertz CT molecular complexity index is 917. The second-order valence-corrected chi connectivity index (χ2v) is 7.22. The highest BCUT2D eigenvalue weighted by molar-refractivity contribution is 5.86. The first-order valence-corrected chi connectivity index (χ1v) is 9.38. The van der Waals surface area contributed by atoms with Crippen molar-refractivity contribution in [2.45, 2.75) is 44.4 Å². The normalized spacial score (nSPS) is 20.5. The fraction of sp³-hybridized carbons (Fsp3) is 0.400. The van der Waals surface area contributed by atoms with Crippen molar-refractivity contribution in [2.24, 2.45) is 4.99 Å². The number of aromatic nitrogens is 2. The van der Waals surface area contributed by atoms with Crippen LogP contribution >= 0.6 is 0 Å². The summed E-state index contributed by atoms with van der Waals surface area (Å²) in [7, 11) is 0. The van der Waals surface area contributed by atoms with Crippen molar-refractivity contribution in [3.63, 3.8) is 0 Å². The largest absolute Gasteiger partial charge is 0.573 e. The zero-order valence-corrected chi connectivity index (χ0v) is 15.8. The number of ether oxygens (including phenoxy) is 1. The third-order valence-electron chi connectivity index (χ3n) is 4.96. The lowest BCUT2D eigenvalue weighted by atomic mass is 10.0. The van der Waals surface area contributed by atoms with E-state index in [0.717, 1.165) is 24.1 Å². The van der Waals surface area contributed by atoms with E-state index in [2.05, 4.69) is 14.8 Å². The molecule has 1 N–H and O–H groups in total. The molecule has 4 rings (SSSR count). The number of aliphatic hydroxyl groups is 1. The smallest absolute Gasteiger partial charge is 0.406 e. The molecule has 2 aromatic rings. The van der Waals surface area contributed by atoms with Crippen LogP contribution in [0.25, 0.3) is 5.70 Å². The van der Waals surface area contributed by atoms with E-state index in [1.807, 2.05) is 22.7 Å². The molecule has 2 aliphatic rings. The molecule has 1 aromatic heterocycles. The minimum Gasteiger partial charge on any atom is -0.406 e. The van der Waals surface area contributed by atoms with Crippen LogP contribution in [0.15, 0.2) is 47.7 Å². The number of aliphatic imine (C=N–C) groups is 1. The number of halogens is 3. The summed E-state index contributed by atoms with van der Waals surface area (Å²) in [5.41, 5.74) is 2.35. The molecule has 6 nitrogen and oxygen atoms in total. The monoisotopic (exact) mass is 406 g/mol. The lowest BCUT2D eigenvalue weighted by molar-refractivity contribution is -0.274. The molecule has 1 aliphatic carbocycles. The van der Waals surface area contributed by atoms with Crippen LogP contribution in [0.3, 0.4) is 0 Å². The zero-order valence-electron chi connectivity index (χ0n) is 15.8. The van der Waals surface area contributed by atoms with Crippen molar-refractivity contribution >= 4 is 11.9 Å². The van der Waals surface area contributed by atoms with Gasteiger partial charge in [-0.2, -0.15) is 5.10 Å². The first-order valence-electron chi connectivity index (χ1n) is 9.38. The van der Waals surface area contributed by atoms with Gasteiger partial charge in [0.05, 0.1) is 24.9 Å². The van der Waals surface area contributed by atoms with Crippen LogP contribution in [-0.2, 0) is 0 Å². The number of alkyl halides is 3. The van der Waals surface area contributed by atoms with Gasteiger partial charge in [-0.05, 0) is 55.7 Å². The third-order valence-corrected chi connectivity index (χ3v) is 4.96. The SMILES string of the molecule is C[C@@H](CO)N1C(c2ccc(OC(F)(F)F)cc2)=CC=NC1c1cnn(C2CC2)c1. The highest BCUT2D eigenvalue weighted by atomic mass is 19.4. The number of hydrogen-bond donors (Lipinski definition) is 1. The summed E-state index contributed by atoms with van der Waals surface area (Å²) >= 11 is 0. The van der Waals surface area contributed by atoms with E-state index >= 15 is 0 Å². The van der Waals surface area contributed by atoms with Crippen LogP contribution < -0.4 is 4.74 Å². The van der Waals surface area contributed by atoms with Crippen molar-refractivity contribution in [1.29, 1.82) is 0 Å². The number of rotatable bonds is 6. The second kappa shape index (κ2) is 7.55. The summed E-state index contributed by atoms with van der Waals surface area (Å²) in [5, 5.41) is 14.2. The summed E-state index contributed by atoms with van der Waals surface area (Å²) < 4.78 is 43.1. The molecule has 1 fully saturated rings. The van der Waals surface area contributed by atoms with E-state index in [1.54, 1.807) is 30.6 Å². The van der Waals surface area contributed by atoms with E-state index < -0.39 is 6.36 Å². The van der Waals surface area contributed by atoms with Crippen LogP contribution in [0.4, 0.5) is 13.2 Å². The van der Waals surface area contributed by atoms with Gasteiger partial charge >= 0.3 is 6.36 Å². The second-order valence-electron chi connectivity index (χ2n) is 7.22. The van der Waals surface area contributed by atoms with Gasteiger partial charge in [-0.3, -0.25) is 9.67 Å². The average molecular weight is 406 g/mol.